The molecule has 0 aromatic heterocycles. The number of methoxy groups -OCH3 is 1. The first kappa shape index (κ1) is 19.3. The first-order chi connectivity index (χ1) is 9.85. The van der Waals surface area contributed by atoms with E-state index in [9.17, 15) is 18.7 Å². The average Bonchev–Trinajstić information content (AvgIpc) is 2.68. The molecule has 0 aliphatic heterocycles. The Balaban J connectivity index is 2.63. The summed E-state index contributed by atoms with van der Waals surface area (Å²) in [4.78, 5) is 12.3. The lowest BCUT2D eigenvalue weighted by molar-refractivity contribution is -0.133. The molecule has 22 heavy (non-hydrogen) atoms. The number of carbonyl (C=O) groups excluding carboxylic acids is 1. The molecular formula is C16H29F2NO3. The quantitative estimate of drug-likeness (QED) is 0.758. The second-order valence-electron chi connectivity index (χ2n) is 7.68. The van der Waals surface area contributed by atoms with Crippen molar-refractivity contribution >= 4 is 5.91 Å². The predicted octanol–water partition coefficient (Wildman–Crippen LogP) is 2.74. The Bertz CT molecular complexity index is 410. The van der Waals surface area contributed by atoms with Crippen LogP contribution in [0.2, 0.25) is 0 Å². The van der Waals surface area contributed by atoms with Gasteiger partial charge in [0.05, 0.1) is 11.0 Å². The van der Waals surface area contributed by atoms with Crippen molar-refractivity contribution in [1.82, 2.24) is 5.32 Å². The predicted molar refractivity (Wildman–Crippen MR) is 80.8 cm³/mol. The van der Waals surface area contributed by atoms with E-state index in [0.717, 1.165) is 0 Å². The number of hydrogen-bond donors (Lipinski definition) is 2. The standard InChI is InChI=1S/C16H29F2NO3/c1-13(2,15(4,21)8-9-22-5)11-19-12(20)14(3)6-7-16(17,18)10-14/h21H,6-11H2,1-5H3,(H,19,20). The summed E-state index contributed by atoms with van der Waals surface area (Å²) in [6.45, 7) is 7.60. The minimum atomic E-state index is -2.76. The Kier molecular flexibility index (Phi) is 5.61. The van der Waals surface area contributed by atoms with Crippen LogP contribution in [0.5, 0.6) is 0 Å². The van der Waals surface area contributed by atoms with Crippen LogP contribution in [0.15, 0.2) is 0 Å². The smallest absolute Gasteiger partial charge is 0.249 e. The molecule has 2 N–H and O–H groups in total. The van der Waals surface area contributed by atoms with Gasteiger partial charge in [-0.05, 0) is 19.8 Å². The summed E-state index contributed by atoms with van der Waals surface area (Å²) in [6, 6.07) is 0. The Hall–Kier alpha value is -0.750. The number of ether oxygens (including phenoxy) is 1. The van der Waals surface area contributed by atoms with Gasteiger partial charge in [0.1, 0.15) is 0 Å². The van der Waals surface area contributed by atoms with Gasteiger partial charge in [-0.3, -0.25) is 4.79 Å². The fraction of sp³-hybridized carbons (Fsp3) is 0.938. The second kappa shape index (κ2) is 6.40. The molecule has 0 bridgehead atoms. The van der Waals surface area contributed by atoms with E-state index in [1.54, 1.807) is 21.0 Å². The van der Waals surface area contributed by atoms with E-state index in [-0.39, 0.29) is 25.3 Å². The minimum absolute atomic E-state index is 0.187. The van der Waals surface area contributed by atoms with Crippen molar-refractivity contribution in [3.8, 4) is 0 Å². The molecule has 1 aliphatic carbocycles. The van der Waals surface area contributed by atoms with Gasteiger partial charge in [0.25, 0.3) is 0 Å². The van der Waals surface area contributed by atoms with E-state index in [2.05, 4.69) is 5.32 Å². The number of halogens is 2. The van der Waals surface area contributed by atoms with Crippen molar-refractivity contribution in [2.75, 3.05) is 20.3 Å². The highest BCUT2D eigenvalue weighted by Crippen LogP contribution is 2.47. The van der Waals surface area contributed by atoms with Crippen LogP contribution in [-0.2, 0) is 9.53 Å². The van der Waals surface area contributed by atoms with Crippen molar-refractivity contribution in [2.45, 2.75) is 64.9 Å². The number of aliphatic hydroxyl groups is 1. The van der Waals surface area contributed by atoms with Crippen LogP contribution in [0.25, 0.3) is 0 Å². The van der Waals surface area contributed by atoms with Crippen molar-refractivity contribution in [1.29, 1.82) is 0 Å². The van der Waals surface area contributed by atoms with Gasteiger partial charge in [-0.1, -0.05) is 20.8 Å². The zero-order chi connectivity index (χ0) is 17.2. The molecule has 130 valence electrons. The summed E-state index contributed by atoms with van der Waals surface area (Å²) >= 11 is 0. The number of rotatable bonds is 7. The normalized spacial score (nSPS) is 27.5. The van der Waals surface area contributed by atoms with Gasteiger partial charge >= 0.3 is 0 Å². The third kappa shape index (κ3) is 4.38. The fourth-order valence-electron chi connectivity index (χ4n) is 2.74. The maximum atomic E-state index is 13.4. The highest BCUT2D eigenvalue weighted by molar-refractivity contribution is 5.82. The number of alkyl halides is 2. The summed E-state index contributed by atoms with van der Waals surface area (Å²) in [5.74, 6) is -3.12. The summed E-state index contributed by atoms with van der Waals surface area (Å²) < 4.78 is 31.7. The summed E-state index contributed by atoms with van der Waals surface area (Å²) in [6.07, 6.45) is -0.0355. The van der Waals surface area contributed by atoms with E-state index in [1.165, 1.54) is 0 Å². The number of amides is 1. The van der Waals surface area contributed by atoms with Crippen molar-refractivity contribution in [3.63, 3.8) is 0 Å². The molecule has 1 aliphatic rings. The highest BCUT2D eigenvalue weighted by Gasteiger charge is 2.51. The molecule has 4 nitrogen and oxygen atoms in total. The number of hydrogen-bond acceptors (Lipinski definition) is 3. The van der Waals surface area contributed by atoms with Crippen LogP contribution in [0.4, 0.5) is 8.78 Å². The number of nitrogens with one attached hydrogen (secondary N) is 1. The number of carbonyl (C=O) groups is 1. The molecule has 0 saturated heterocycles. The maximum absolute atomic E-state index is 13.4. The Morgan fingerprint density at radius 1 is 1.32 bits per heavy atom. The Morgan fingerprint density at radius 2 is 1.91 bits per heavy atom. The molecule has 0 radical (unpaired) electrons. The fourth-order valence-corrected chi connectivity index (χ4v) is 2.74. The first-order valence-electron chi connectivity index (χ1n) is 7.73. The van der Waals surface area contributed by atoms with Gasteiger partial charge in [0.2, 0.25) is 11.8 Å². The molecule has 0 aromatic carbocycles. The monoisotopic (exact) mass is 321 g/mol. The maximum Gasteiger partial charge on any atom is 0.249 e. The summed E-state index contributed by atoms with van der Waals surface area (Å²) in [5, 5.41) is 13.3. The average molecular weight is 321 g/mol. The first-order valence-corrected chi connectivity index (χ1v) is 7.73. The second-order valence-corrected chi connectivity index (χ2v) is 7.68. The largest absolute Gasteiger partial charge is 0.389 e. The van der Waals surface area contributed by atoms with Gasteiger partial charge in [-0.15, -0.1) is 0 Å². The molecule has 6 heteroatoms. The zero-order valence-electron chi connectivity index (χ0n) is 14.3. The van der Waals surface area contributed by atoms with Gasteiger partial charge in [-0.25, -0.2) is 8.78 Å². The van der Waals surface area contributed by atoms with Crippen LogP contribution in [0, 0.1) is 10.8 Å². The van der Waals surface area contributed by atoms with Gasteiger partial charge in [-0.2, -0.15) is 0 Å². The third-order valence-corrected chi connectivity index (χ3v) is 5.18. The molecule has 1 amide bonds. The van der Waals surface area contributed by atoms with E-state index >= 15 is 0 Å². The van der Waals surface area contributed by atoms with Gasteiger partial charge in [0.15, 0.2) is 0 Å². The van der Waals surface area contributed by atoms with Gasteiger partial charge in [0, 0.05) is 38.5 Å². The SMILES string of the molecule is COCCC(C)(O)C(C)(C)CNC(=O)C1(C)CCC(F)(F)C1. The Labute approximate surface area is 131 Å². The van der Waals surface area contributed by atoms with Crippen LogP contribution < -0.4 is 5.32 Å². The molecule has 2 atom stereocenters. The molecular weight excluding hydrogens is 292 g/mol. The summed E-state index contributed by atoms with van der Waals surface area (Å²) in [7, 11) is 1.56. The van der Waals surface area contributed by atoms with E-state index in [4.69, 9.17) is 4.74 Å². The van der Waals surface area contributed by atoms with Crippen molar-refractivity contribution in [2.24, 2.45) is 10.8 Å². The minimum Gasteiger partial charge on any atom is -0.389 e. The molecule has 0 spiro atoms. The van der Waals surface area contributed by atoms with Crippen molar-refractivity contribution < 1.29 is 23.4 Å². The van der Waals surface area contributed by atoms with Crippen LogP contribution in [0.3, 0.4) is 0 Å². The molecule has 1 saturated carbocycles. The lowest BCUT2D eigenvalue weighted by atomic mass is 9.74. The molecule has 0 aromatic rings. The van der Waals surface area contributed by atoms with E-state index < -0.39 is 28.8 Å². The highest BCUT2D eigenvalue weighted by atomic mass is 19.3. The van der Waals surface area contributed by atoms with Crippen LogP contribution in [0.1, 0.15) is 53.4 Å². The lowest BCUT2D eigenvalue weighted by Crippen LogP contribution is -2.51. The third-order valence-electron chi connectivity index (χ3n) is 5.18. The lowest BCUT2D eigenvalue weighted by Gasteiger charge is -2.41. The Morgan fingerprint density at radius 3 is 2.36 bits per heavy atom. The van der Waals surface area contributed by atoms with Crippen LogP contribution >= 0.6 is 0 Å². The molecule has 1 fully saturated rings. The van der Waals surface area contributed by atoms with E-state index in [1.807, 2.05) is 13.8 Å². The summed E-state index contributed by atoms with van der Waals surface area (Å²) in [5.41, 5.74) is -2.66. The molecule has 0 heterocycles. The molecule has 1 rings (SSSR count). The zero-order valence-corrected chi connectivity index (χ0v) is 14.3. The topological polar surface area (TPSA) is 58.6 Å². The van der Waals surface area contributed by atoms with Crippen molar-refractivity contribution in [3.05, 3.63) is 0 Å². The van der Waals surface area contributed by atoms with Crippen LogP contribution in [-0.4, -0.2) is 42.8 Å². The van der Waals surface area contributed by atoms with E-state index in [0.29, 0.717) is 13.0 Å². The van der Waals surface area contributed by atoms with Gasteiger partial charge < -0.3 is 15.2 Å². The molecule has 2 unspecified atom stereocenters.